The Labute approximate surface area is 167 Å². The number of aryl methyl sites for hydroxylation is 2. The second-order valence-electron chi connectivity index (χ2n) is 6.96. The molecule has 1 aromatic carbocycles. The quantitative estimate of drug-likeness (QED) is 0.652. The minimum atomic E-state index is -0.137. The summed E-state index contributed by atoms with van der Waals surface area (Å²) in [4.78, 5) is 30.5. The molecule has 0 radical (unpaired) electrons. The van der Waals surface area contributed by atoms with Gasteiger partial charge in [0.2, 0.25) is 11.8 Å². The number of hydrogen-bond acceptors (Lipinski definition) is 5. The normalized spacial score (nSPS) is 13.4. The van der Waals surface area contributed by atoms with Crippen molar-refractivity contribution in [2.75, 3.05) is 5.32 Å². The van der Waals surface area contributed by atoms with Gasteiger partial charge in [-0.1, -0.05) is 6.07 Å². The van der Waals surface area contributed by atoms with Crippen molar-refractivity contribution in [2.24, 2.45) is 5.92 Å². The number of oxazole rings is 1. The molecule has 0 spiro atoms. The van der Waals surface area contributed by atoms with Crippen LogP contribution in [0.5, 0.6) is 0 Å². The highest BCUT2D eigenvalue weighted by atomic mass is 32.1. The van der Waals surface area contributed by atoms with E-state index in [1.807, 2.05) is 50.2 Å². The lowest BCUT2D eigenvalue weighted by molar-refractivity contribution is -0.122. The number of carbonyl (C=O) groups excluding carboxylic acids is 2. The van der Waals surface area contributed by atoms with Crippen molar-refractivity contribution < 1.29 is 14.0 Å². The fourth-order valence-electron chi connectivity index (χ4n) is 2.86. The maximum atomic E-state index is 12.4. The minimum Gasteiger partial charge on any atom is -0.441 e. The molecule has 4 rings (SSSR count). The van der Waals surface area contributed by atoms with E-state index in [-0.39, 0.29) is 17.7 Å². The van der Waals surface area contributed by atoms with E-state index in [1.54, 1.807) is 0 Å². The first-order valence-electron chi connectivity index (χ1n) is 9.22. The zero-order valence-corrected chi connectivity index (χ0v) is 16.6. The van der Waals surface area contributed by atoms with E-state index in [0.717, 1.165) is 23.3 Å². The molecule has 1 aliphatic rings. The first-order chi connectivity index (χ1) is 13.5. The van der Waals surface area contributed by atoms with Crippen molar-refractivity contribution in [1.82, 2.24) is 10.3 Å². The van der Waals surface area contributed by atoms with Gasteiger partial charge in [-0.25, -0.2) is 4.98 Å². The molecule has 1 saturated carbocycles. The topological polar surface area (TPSA) is 84.2 Å². The summed E-state index contributed by atoms with van der Waals surface area (Å²) in [6, 6.07) is 11.1. The van der Waals surface area contributed by atoms with Crippen molar-refractivity contribution >= 4 is 28.8 Å². The van der Waals surface area contributed by atoms with Gasteiger partial charge in [0.1, 0.15) is 11.5 Å². The molecule has 0 bridgehead atoms. The molecule has 2 N–H and O–H groups in total. The molecule has 6 nitrogen and oxygen atoms in total. The molecular formula is C21H21N3O3S. The van der Waals surface area contributed by atoms with E-state index < -0.39 is 0 Å². The summed E-state index contributed by atoms with van der Waals surface area (Å²) in [6.07, 6.45) is 1.94. The Morgan fingerprint density at radius 2 is 2.04 bits per heavy atom. The third kappa shape index (κ3) is 4.14. The molecule has 7 heteroatoms. The van der Waals surface area contributed by atoms with E-state index in [9.17, 15) is 9.59 Å². The number of amides is 2. The van der Waals surface area contributed by atoms with E-state index in [0.29, 0.717) is 34.5 Å². The van der Waals surface area contributed by atoms with Gasteiger partial charge < -0.3 is 15.1 Å². The average molecular weight is 395 g/mol. The summed E-state index contributed by atoms with van der Waals surface area (Å²) in [6.45, 7) is 4.16. The van der Waals surface area contributed by atoms with Gasteiger partial charge in [-0.2, -0.15) is 0 Å². The largest absolute Gasteiger partial charge is 0.441 e. The smallest absolute Gasteiger partial charge is 0.265 e. The van der Waals surface area contributed by atoms with Crippen LogP contribution in [0, 0.1) is 19.8 Å². The number of anilines is 1. The molecular weight excluding hydrogens is 374 g/mol. The Kier molecular flexibility index (Phi) is 5.00. The lowest BCUT2D eigenvalue weighted by atomic mass is 10.2. The molecule has 1 fully saturated rings. The molecule has 0 saturated heterocycles. The standard InChI is InChI=1S/C21H21N3O3S/c1-12-6-9-18(28-12)20(26)23-16-5-3-4-15(10-16)21-24-17(13(2)27-21)11-22-19(25)14-7-8-14/h3-6,9-10,14H,7-8,11H2,1-2H3,(H,22,25)(H,23,26). The van der Waals surface area contributed by atoms with Gasteiger partial charge in [-0.3, -0.25) is 9.59 Å². The second kappa shape index (κ2) is 7.59. The summed E-state index contributed by atoms with van der Waals surface area (Å²) in [5, 5.41) is 5.81. The van der Waals surface area contributed by atoms with Gasteiger partial charge in [-0.05, 0) is 57.0 Å². The predicted molar refractivity (Wildman–Crippen MR) is 108 cm³/mol. The van der Waals surface area contributed by atoms with Crippen molar-refractivity contribution in [1.29, 1.82) is 0 Å². The van der Waals surface area contributed by atoms with Crippen LogP contribution in [-0.4, -0.2) is 16.8 Å². The molecule has 144 valence electrons. The Morgan fingerprint density at radius 1 is 1.21 bits per heavy atom. The molecule has 28 heavy (non-hydrogen) atoms. The molecule has 0 atom stereocenters. The Hall–Kier alpha value is -2.93. The van der Waals surface area contributed by atoms with Crippen molar-refractivity contribution in [2.45, 2.75) is 33.2 Å². The molecule has 0 aliphatic heterocycles. The van der Waals surface area contributed by atoms with Crippen molar-refractivity contribution in [3.63, 3.8) is 0 Å². The number of thiophene rings is 1. The molecule has 2 amide bonds. The van der Waals surface area contributed by atoms with Gasteiger partial charge in [0.25, 0.3) is 5.91 Å². The monoisotopic (exact) mass is 395 g/mol. The molecule has 1 aliphatic carbocycles. The second-order valence-corrected chi connectivity index (χ2v) is 8.25. The zero-order chi connectivity index (χ0) is 19.7. The summed E-state index contributed by atoms with van der Waals surface area (Å²) in [7, 11) is 0. The van der Waals surface area contributed by atoms with Gasteiger partial charge >= 0.3 is 0 Å². The summed E-state index contributed by atoms with van der Waals surface area (Å²) < 4.78 is 5.78. The average Bonchev–Trinajstić information content (AvgIpc) is 3.34. The van der Waals surface area contributed by atoms with Crippen LogP contribution in [0.4, 0.5) is 5.69 Å². The Morgan fingerprint density at radius 3 is 2.75 bits per heavy atom. The van der Waals surface area contributed by atoms with Crippen LogP contribution in [0.2, 0.25) is 0 Å². The van der Waals surface area contributed by atoms with E-state index in [1.165, 1.54) is 11.3 Å². The van der Waals surface area contributed by atoms with Gasteiger partial charge in [0, 0.05) is 22.0 Å². The number of nitrogens with one attached hydrogen (secondary N) is 2. The van der Waals surface area contributed by atoms with Crippen LogP contribution in [0.15, 0.2) is 40.8 Å². The lowest BCUT2D eigenvalue weighted by Gasteiger charge is -2.05. The van der Waals surface area contributed by atoms with Gasteiger partial charge in [0.05, 0.1) is 11.4 Å². The fourth-order valence-corrected chi connectivity index (χ4v) is 3.62. The zero-order valence-electron chi connectivity index (χ0n) is 15.7. The third-order valence-electron chi connectivity index (χ3n) is 4.60. The maximum absolute atomic E-state index is 12.4. The van der Waals surface area contributed by atoms with Crippen LogP contribution in [-0.2, 0) is 11.3 Å². The number of rotatable bonds is 6. The Bertz CT molecular complexity index is 1030. The number of benzene rings is 1. The summed E-state index contributed by atoms with van der Waals surface area (Å²) in [5.74, 6) is 1.25. The fraction of sp³-hybridized carbons (Fsp3) is 0.286. The molecule has 3 aromatic rings. The van der Waals surface area contributed by atoms with Crippen LogP contribution in [0.25, 0.3) is 11.5 Å². The highest BCUT2D eigenvalue weighted by Gasteiger charge is 2.29. The van der Waals surface area contributed by atoms with Crippen molar-refractivity contribution in [3.8, 4) is 11.5 Å². The summed E-state index contributed by atoms with van der Waals surface area (Å²) >= 11 is 1.46. The number of nitrogens with zero attached hydrogens (tertiary/aromatic N) is 1. The molecule has 0 unspecified atom stereocenters. The lowest BCUT2D eigenvalue weighted by Crippen LogP contribution is -2.24. The highest BCUT2D eigenvalue weighted by molar-refractivity contribution is 7.14. The van der Waals surface area contributed by atoms with Crippen LogP contribution in [0.1, 0.15) is 38.8 Å². The van der Waals surface area contributed by atoms with Crippen LogP contribution in [0.3, 0.4) is 0 Å². The van der Waals surface area contributed by atoms with Gasteiger partial charge in [-0.15, -0.1) is 11.3 Å². The van der Waals surface area contributed by atoms with Crippen LogP contribution >= 0.6 is 11.3 Å². The number of aromatic nitrogens is 1. The number of carbonyl (C=O) groups is 2. The summed E-state index contributed by atoms with van der Waals surface area (Å²) in [5.41, 5.74) is 2.16. The van der Waals surface area contributed by atoms with Crippen molar-refractivity contribution in [3.05, 3.63) is 57.6 Å². The minimum absolute atomic E-state index is 0.0810. The maximum Gasteiger partial charge on any atom is 0.265 e. The third-order valence-corrected chi connectivity index (χ3v) is 5.60. The first-order valence-corrected chi connectivity index (χ1v) is 10.0. The van der Waals surface area contributed by atoms with E-state index >= 15 is 0 Å². The SMILES string of the molecule is Cc1ccc(C(=O)Nc2cccc(-c3nc(CNC(=O)C4CC4)c(C)o3)c2)s1. The first kappa shape index (κ1) is 18.4. The number of hydrogen-bond donors (Lipinski definition) is 2. The Balaban J connectivity index is 1.47. The highest BCUT2D eigenvalue weighted by Crippen LogP contribution is 2.29. The predicted octanol–water partition coefficient (Wildman–Crippen LogP) is 4.30. The molecule has 2 heterocycles. The van der Waals surface area contributed by atoms with E-state index in [2.05, 4.69) is 15.6 Å². The molecule has 2 aromatic heterocycles. The van der Waals surface area contributed by atoms with Gasteiger partial charge in [0.15, 0.2) is 0 Å². The van der Waals surface area contributed by atoms with Crippen LogP contribution < -0.4 is 10.6 Å². The van der Waals surface area contributed by atoms with E-state index in [4.69, 9.17) is 4.42 Å².